The first kappa shape index (κ1) is 18.1. The number of rotatable bonds is 6. The summed E-state index contributed by atoms with van der Waals surface area (Å²) in [5, 5.41) is 11.9. The maximum absolute atomic E-state index is 12.5. The Morgan fingerprint density at radius 3 is 2.65 bits per heavy atom. The van der Waals surface area contributed by atoms with E-state index >= 15 is 0 Å². The number of hydrogen-bond acceptors (Lipinski definition) is 3. The minimum atomic E-state index is -0.810. The van der Waals surface area contributed by atoms with E-state index in [2.05, 4.69) is 5.32 Å². The van der Waals surface area contributed by atoms with Gasteiger partial charge in [0, 0.05) is 23.8 Å². The number of ether oxygens (including phenoxy) is 1. The highest BCUT2D eigenvalue weighted by Gasteiger charge is 2.19. The van der Waals surface area contributed by atoms with E-state index in [-0.39, 0.29) is 5.91 Å². The average molecular weight is 353 g/mol. The van der Waals surface area contributed by atoms with Crippen molar-refractivity contribution in [2.24, 2.45) is 5.92 Å². The quantitative estimate of drug-likeness (QED) is 0.830. The van der Waals surface area contributed by atoms with E-state index in [9.17, 15) is 9.59 Å². The van der Waals surface area contributed by atoms with Crippen molar-refractivity contribution >= 4 is 17.6 Å². The topological polar surface area (TPSA) is 75.6 Å². The van der Waals surface area contributed by atoms with Crippen LogP contribution < -0.4 is 5.32 Å². The number of carbonyl (C=O) groups is 2. The van der Waals surface area contributed by atoms with E-state index in [1.54, 1.807) is 25.1 Å². The standard InChI is InChI=1S/C21H23NO4/c1-14(21(24)25)11-15-5-7-19(8-6-15)22-20(23)17-4-2-3-16(12-17)18-9-10-26-13-18/h2-8,12,14,18H,9-11,13H2,1H3,(H,22,23)(H,24,25). The number of amides is 1. The molecule has 0 spiro atoms. The fourth-order valence-corrected chi connectivity index (χ4v) is 3.10. The molecule has 2 N–H and O–H groups in total. The Hall–Kier alpha value is -2.66. The minimum absolute atomic E-state index is 0.155. The highest BCUT2D eigenvalue weighted by Crippen LogP contribution is 2.26. The zero-order chi connectivity index (χ0) is 18.5. The van der Waals surface area contributed by atoms with Crippen LogP contribution in [0.3, 0.4) is 0 Å². The molecule has 2 atom stereocenters. The highest BCUT2D eigenvalue weighted by molar-refractivity contribution is 6.04. The molecule has 3 rings (SSSR count). The normalized spacial score (nSPS) is 17.7. The van der Waals surface area contributed by atoms with Crippen LogP contribution in [0.1, 0.15) is 40.7 Å². The monoisotopic (exact) mass is 353 g/mol. The SMILES string of the molecule is CC(Cc1ccc(NC(=O)c2cccc(C3CCOC3)c2)cc1)C(=O)O. The van der Waals surface area contributed by atoms with Crippen LogP contribution in [0.15, 0.2) is 48.5 Å². The number of benzene rings is 2. The highest BCUT2D eigenvalue weighted by atomic mass is 16.5. The Labute approximate surface area is 153 Å². The van der Waals surface area contributed by atoms with Crippen molar-refractivity contribution in [2.45, 2.75) is 25.7 Å². The van der Waals surface area contributed by atoms with Gasteiger partial charge in [0.1, 0.15) is 0 Å². The summed E-state index contributed by atoms with van der Waals surface area (Å²) >= 11 is 0. The Morgan fingerprint density at radius 2 is 2.00 bits per heavy atom. The van der Waals surface area contributed by atoms with Crippen LogP contribution in [-0.2, 0) is 16.0 Å². The molecule has 1 amide bonds. The summed E-state index contributed by atoms with van der Waals surface area (Å²) < 4.78 is 5.42. The molecule has 1 fully saturated rings. The second kappa shape index (κ2) is 8.15. The molecule has 5 nitrogen and oxygen atoms in total. The van der Waals surface area contributed by atoms with Crippen molar-refractivity contribution in [3.05, 3.63) is 65.2 Å². The zero-order valence-corrected chi connectivity index (χ0v) is 14.8. The predicted molar refractivity (Wildman–Crippen MR) is 99.5 cm³/mol. The van der Waals surface area contributed by atoms with Crippen LogP contribution in [0.2, 0.25) is 0 Å². The molecular weight excluding hydrogens is 330 g/mol. The van der Waals surface area contributed by atoms with Gasteiger partial charge in [-0.25, -0.2) is 0 Å². The number of anilines is 1. The van der Waals surface area contributed by atoms with Gasteiger partial charge in [0.2, 0.25) is 0 Å². The third kappa shape index (κ3) is 4.49. The van der Waals surface area contributed by atoms with Gasteiger partial charge in [-0.3, -0.25) is 9.59 Å². The minimum Gasteiger partial charge on any atom is -0.481 e. The van der Waals surface area contributed by atoms with Gasteiger partial charge in [0.05, 0.1) is 12.5 Å². The van der Waals surface area contributed by atoms with Crippen LogP contribution in [0.5, 0.6) is 0 Å². The van der Waals surface area contributed by atoms with Gasteiger partial charge in [-0.1, -0.05) is 31.2 Å². The molecule has 0 aromatic heterocycles. The van der Waals surface area contributed by atoms with Crippen molar-refractivity contribution in [2.75, 3.05) is 18.5 Å². The molecular formula is C21H23NO4. The van der Waals surface area contributed by atoms with Crippen LogP contribution in [0.4, 0.5) is 5.69 Å². The van der Waals surface area contributed by atoms with Crippen molar-refractivity contribution in [1.82, 2.24) is 0 Å². The maximum Gasteiger partial charge on any atom is 0.306 e. The lowest BCUT2D eigenvalue weighted by molar-refractivity contribution is -0.141. The smallest absolute Gasteiger partial charge is 0.306 e. The molecule has 1 saturated heterocycles. The van der Waals surface area contributed by atoms with Crippen LogP contribution >= 0.6 is 0 Å². The average Bonchev–Trinajstić information content (AvgIpc) is 3.18. The third-order valence-electron chi connectivity index (χ3n) is 4.73. The molecule has 5 heteroatoms. The lowest BCUT2D eigenvalue weighted by atomic mass is 9.96. The van der Waals surface area contributed by atoms with Gasteiger partial charge < -0.3 is 15.2 Å². The molecule has 136 valence electrons. The molecule has 0 radical (unpaired) electrons. The van der Waals surface area contributed by atoms with Gasteiger partial charge in [0.15, 0.2) is 0 Å². The first-order valence-corrected chi connectivity index (χ1v) is 8.83. The van der Waals surface area contributed by atoms with E-state index in [0.717, 1.165) is 24.2 Å². The summed E-state index contributed by atoms with van der Waals surface area (Å²) in [7, 11) is 0. The molecule has 0 saturated carbocycles. The number of carbonyl (C=O) groups excluding carboxylic acids is 1. The summed E-state index contributed by atoms with van der Waals surface area (Å²) in [4.78, 5) is 23.4. The van der Waals surface area contributed by atoms with Crippen LogP contribution in [0.25, 0.3) is 0 Å². The molecule has 2 aromatic rings. The summed E-state index contributed by atoms with van der Waals surface area (Å²) in [6.45, 7) is 3.16. The molecule has 2 unspecified atom stereocenters. The molecule has 1 aliphatic heterocycles. The van der Waals surface area contributed by atoms with Gasteiger partial charge >= 0.3 is 5.97 Å². The molecule has 1 aliphatic rings. The van der Waals surface area contributed by atoms with Gasteiger partial charge in [-0.2, -0.15) is 0 Å². The molecule has 1 heterocycles. The first-order chi connectivity index (χ1) is 12.5. The molecule has 0 aliphatic carbocycles. The number of carboxylic acids is 1. The van der Waals surface area contributed by atoms with Crippen molar-refractivity contribution in [3.63, 3.8) is 0 Å². The Balaban J connectivity index is 1.64. The van der Waals surface area contributed by atoms with E-state index < -0.39 is 11.9 Å². The zero-order valence-electron chi connectivity index (χ0n) is 14.8. The summed E-state index contributed by atoms with van der Waals surface area (Å²) in [6, 6.07) is 15.0. The number of aliphatic carboxylic acids is 1. The first-order valence-electron chi connectivity index (χ1n) is 8.83. The summed E-state index contributed by atoms with van der Waals surface area (Å²) in [5.41, 5.74) is 3.38. The summed E-state index contributed by atoms with van der Waals surface area (Å²) in [6.07, 6.45) is 1.45. The lowest BCUT2D eigenvalue weighted by Gasteiger charge is -2.11. The maximum atomic E-state index is 12.5. The Bertz CT molecular complexity index is 779. The van der Waals surface area contributed by atoms with E-state index in [4.69, 9.17) is 9.84 Å². The molecule has 2 aromatic carbocycles. The van der Waals surface area contributed by atoms with Crippen LogP contribution in [0, 0.1) is 5.92 Å². The van der Waals surface area contributed by atoms with E-state index in [1.807, 2.05) is 30.3 Å². The number of hydrogen-bond donors (Lipinski definition) is 2. The lowest BCUT2D eigenvalue weighted by Crippen LogP contribution is -2.13. The molecule has 0 bridgehead atoms. The molecule has 26 heavy (non-hydrogen) atoms. The van der Waals surface area contributed by atoms with Crippen molar-refractivity contribution in [1.29, 1.82) is 0 Å². The second-order valence-electron chi connectivity index (χ2n) is 6.78. The fourth-order valence-electron chi connectivity index (χ4n) is 3.10. The van der Waals surface area contributed by atoms with Crippen molar-refractivity contribution < 1.29 is 19.4 Å². The van der Waals surface area contributed by atoms with Crippen molar-refractivity contribution in [3.8, 4) is 0 Å². The number of carboxylic acid groups (broad SMARTS) is 1. The second-order valence-corrected chi connectivity index (χ2v) is 6.78. The largest absolute Gasteiger partial charge is 0.481 e. The van der Waals surface area contributed by atoms with Gasteiger partial charge in [0.25, 0.3) is 5.91 Å². The van der Waals surface area contributed by atoms with Crippen LogP contribution in [-0.4, -0.2) is 30.2 Å². The predicted octanol–water partition coefficient (Wildman–Crippen LogP) is 3.71. The summed E-state index contributed by atoms with van der Waals surface area (Å²) in [5.74, 6) is -1.04. The third-order valence-corrected chi connectivity index (χ3v) is 4.73. The van der Waals surface area contributed by atoms with E-state index in [0.29, 0.717) is 30.2 Å². The number of nitrogens with one attached hydrogen (secondary N) is 1. The van der Waals surface area contributed by atoms with E-state index in [1.165, 1.54) is 0 Å². The Morgan fingerprint density at radius 1 is 1.23 bits per heavy atom. The fraction of sp³-hybridized carbons (Fsp3) is 0.333. The Kier molecular flexibility index (Phi) is 5.68. The van der Waals surface area contributed by atoms with Gasteiger partial charge in [-0.15, -0.1) is 0 Å². The van der Waals surface area contributed by atoms with Gasteiger partial charge in [-0.05, 0) is 48.2 Å².